The van der Waals surface area contributed by atoms with Crippen LogP contribution in [0.15, 0.2) is 36.4 Å². The van der Waals surface area contributed by atoms with Crippen molar-refractivity contribution in [2.24, 2.45) is 0 Å². The summed E-state index contributed by atoms with van der Waals surface area (Å²) in [5.74, 6) is -0.265. The van der Waals surface area contributed by atoms with Gasteiger partial charge < -0.3 is 10.1 Å². The van der Waals surface area contributed by atoms with Gasteiger partial charge in [0.05, 0.1) is 0 Å². The topological polar surface area (TPSA) is 94.3 Å². The van der Waals surface area contributed by atoms with Crippen molar-refractivity contribution in [2.45, 2.75) is 6.18 Å². The second kappa shape index (κ2) is 6.10. The molecule has 0 aliphatic heterocycles. The smallest absolute Gasteiger partial charge is 0.405 e. The predicted molar refractivity (Wildman–Crippen MR) is 73.5 cm³/mol. The largest absolute Gasteiger partial charge is 0.438 e. The highest BCUT2D eigenvalue weighted by Gasteiger charge is 2.27. The molecule has 0 spiro atoms. The molecule has 0 bridgehead atoms. The van der Waals surface area contributed by atoms with Crippen LogP contribution in [0.25, 0.3) is 5.65 Å². The van der Waals surface area contributed by atoms with Gasteiger partial charge in [0.15, 0.2) is 5.65 Å². The number of amides is 1. The summed E-state index contributed by atoms with van der Waals surface area (Å²) in [7, 11) is 0. The van der Waals surface area contributed by atoms with Crippen molar-refractivity contribution in [2.75, 3.05) is 6.54 Å². The monoisotopic (exact) mass is 338 g/mol. The van der Waals surface area contributed by atoms with E-state index in [0.29, 0.717) is 11.4 Å². The molecule has 24 heavy (non-hydrogen) atoms. The first-order chi connectivity index (χ1) is 11.4. The molecule has 0 saturated heterocycles. The molecule has 0 atom stereocenters. The average Bonchev–Trinajstić information content (AvgIpc) is 3.00. The standard InChI is InChI=1S/C13H9F3N6O2/c14-13(15,16)7-17-12(23)8-1-3-9(4-2-8)24-11-6-5-10-18-20-21-22(10)19-11/h1-6H,7H2,(H,17,23). The molecule has 2 heterocycles. The van der Waals surface area contributed by atoms with Crippen LogP contribution in [0.2, 0.25) is 0 Å². The summed E-state index contributed by atoms with van der Waals surface area (Å²) in [6, 6.07) is 8.71. The maximum atomic E-state index is 12.1. The van der Waals surface area contributed by atoms with E-state index in [1.807, 2.05) is 0 Å². The van der Waals surface area contributed by atoms with Gasteiger partial charge in [-0.25, -0.2) is 0 Å². The molecule has 1 amide bonds. The van der Waals surface area contributed by atoms with Gasteiger partial charge in [-0.15, -0.1) is 14.8 Å². The first-order valence-electron chi connectivity index (χ1n) is 6.59. The van der Waals surface area contributed by atoms with E-state index in [-0.39, 0.29) is 11.4 Å². The van der Waals surface area contributed by atoms with Crippen molar-refractivity contribution in [1.82, 2.24) is 30.6 Å². The van der Waals surface area contributed by atoms with E-state index in [1.165, 1.54) is 28.9 Å². The lowest BCUT2D eigenvalue weighted by Gasteiger charge is -2.09. The molecule has 0 unspecified atom stereocenters. The number of fused-ring (bicyclic) bond motifs is 1. The van der Waals surface area contributed by atoms with Crippen molar-refractivity contribution in [3.63, 3.8) is 0 Å². The fraction of sp³-hybridized carbons (Fsp3) is 0.154. The van der Waals surface area contributed by atoms with Crippen molar-refractivity contribution in [3.05, 3.63) is 42.0 Å². The van der Waals surface area contributed by atoms with Crippen LogP contribution < -0.4 is 10.1 Å². The van der Waals surface area contributed by atoms with Crippen LogP contribution in [-0.2, 0) is 0 Å². The van der Waals surface area contributed by atoms with Crippen molar-refractivity contribution in [1.29, 1.82) is 0 Å². The van der Waals surface area contributed by atoms with Gasteiger partial charge in [0.25, 0.3) is 5.91 Å². The van der Waals surface area contributed by atoms with E-state index < -0.39 is 18.6 Å². The van der Waals surface area contributed by atoms with E-state index >= 15 is 0 Å². The van der Waals surface area contributed by atoms with Gasteiger partial charge in [-0.05, 0) is 40.8 Å². The predicted octanol–water partition coefficient (Wildman–Crippen LogP) is 1.60. The zero-order valence-electron chi connectivity index (χ0n) is 11.9. The number of halogens is 3. The van der Waals surface area contributed by atoms with Crippen molar-refractivity contribution in [3.8, 4) is 11.6 Å². The van der Waals surface area contributed by atoms with E-state index in [0.717, 1.165) is 0 Å². The number of alkyl halides is 3. The lowest BCUT2D eigenvalue weighted by Crippen LogP contribution is -2.33. The summed E-state index contributed by atoms with van der Waals surface area (Å²) >= 11 is 0. The maximum Gasteiger partial charge on any atom is 0.405 e. The van der Waals surface area contributed by atoms with Crippen LogP contribution in [0.3, 0.4) is 0 Å². The fourth-order valence-corrected chi connectivity index (χ4v) is 1.77. The summed E-state index contributed by atoms with van der Waals surface area (Å²) < 4.78 is 42.8. The molecule has 1 aromatic carbocycles. The average molecular weight is 338 g/mol. The van der Waals surface area contributed by atoms with Gasteiger partial charge in [0.2, 0.25) is 5.88 Å². The Morgan fingerprint density at radius 2 is 1.92 bits per heavy atom. The number of hydrogen-bond acceptors (Lipinski definition) is 6. The fourth-order valence-electron chi connectivity index (χ4n) is 1.77. The molecule has 2 aromatic heterocycles. The summed E-state index contributed by atoms with van der Waals surface area (Å²) in [4.78, 5) is 11.6. The number of benzene rings is 1. The second-order valence-corrected chi connectivity index (χ2v) is 4.62. The number of ether oxygens (including phenoxy) is 1. The van der Waals surface area contributed by atoms with Crippen LogP contribution in [0, 0.1) is 0 Å². The van der Waals surface area contributed by atoms with Crippen LogP contribution in [0.4, 0.5) is 13.2 Å². The third-order valence-corrected chi connectivity index (χ3v) is 2.83. The van der Waals surface area contributed by atoms with Gasteiger partial charge in [-0.3, -0.25) is 4.79 Å². The molecule has 8 nitrogen and oxygen atoms in total. The van der Waals surface area contributed by atoms with Crippen molar-refractivity contribution < 1.29 is 22.7 Å². The van der Waals surface area contributed by atoms with Gasteiger partial charge >= 0.3 is 6.18 Å². The normalized spacial score (nSPS) is 11.5. The minimum absolute atomic E-state index is 0.0792. The number of aromatic nitrogens is 5. The second-order valence-electron chi connectivity index (χ2n) is 4.62. The summed E-state index contributed by atoms with van der Waals surface area (Å²) in [5.41, 5.74) is 0.523. The quantitative estimate of drug-likeness (QED) is 0.777. The molecule has 0 aliphatic rings. The zero-order chi connectivity index (χ0) is 17.2. The first kappa shape index (κ1) is 15.6. The van der Waals surface area contributed by atoms with Gasteiger partial charge in [-0.2, -0.15) is 13.2 Å². The molecule has 0 radical (unpaired) electrons. The van der Waals surface area contributed by atoms with Crippen LogP contribution >= 0.6 is 0 Å². The number of hydrogen-bond donors (Lipinski definition) is 1. The van der Waals surface area contributed by atoms with Crippen molar-refractivity contribution >= 4 is 11.6 Å². The van der Waals surface area contributed by atoms with Gasteiger partial charge in [0.1, 0.15) is 12.3 Å². The Morgan fingerprint density at radius 1 is 1.17 bits per heavy atom. The highest BCUT2D eigenvalue weighted by molar-refractivity contribution is 5.94. The number of carbonyl (C=O) groups is 1. The molecule has 11 heteroatoms. The number of tetrazole rings is 1. The zero-order valence-corrected chi connectivity index (χ0v) is 11.9. The minimum Gasteiger partial charge on any atom is -0.438 e. The molecule has 0 saturated carbocycles. The highest BCUT2D eigenvalue weighted by atomic mass is 19.4. The van der Waals surface area contributed by atoms with Gasteiger partial charge in [-0.1, -0.05) is 0 Å². The van der Waals surface area contributed by atoms with E-state index in [2.05, 4.69) is 20.6 Å². The number of nitrogens with zero attached hydrogens (tertiary/aromatic N) is 5. The van der Waals surface area contributed by atoms with Crippen LogP contribution in [-0.4, -0.2) is 43.9 Å². The highest BCUT2D eigenvalue weighted by Crippen LogP contribution is 2.20. The van der Waals surface area contributed by atoms with E-state index in [9.17, 15) is 18.0 Å². The molecule has 124 valence electrons. The SMILES string of the molecule is O=C(NCC(F)(F)F)c1ccc(Oc2ccc3nnnn3n2)cc1. The maximum absolute atomic E-state index is 12.1. The van der Waals surface area contributed by atoms with Gasteiger partial charge in [0, 0.05) is 11.6 Å². The molecule has 0 aliphatic carbocycles. The Morgan fingerprint density at radius 3 is 2.62 bits per heavy atom. The summed E-state index contributed by atoms with van der Waals surface area (Å²) in [5, 5.41) is 16.5. The lowest BCUT2D eigenvalue weighted by atomic mass is 10.2. The number of rotatable bonds is 4. The number of nitrogens with one attached hydrogen (secondary N) is 1. The van der Waals surface area contributed by atoms with E-state index in [1.54, 1.807) is 17.4 Å². The molecule has 3 aromatic rings. The Labute approximate surface area is 132 Å². The summed E-state index contributed by atoms with van der Waals surface area (Å²) in [6.45, 7) is -1.39. The Balaban J connectivity index is 1.66. The Hall–Kier alpha value is -3.24. The molecule has 3 rings (SSSR count). The molecule has 1 N–H and O–H groups in total. The first-order valence-corrected chi connectivity index (χ1v) is 6.59. The van der Waals surface area contributed by atoms with Crippen LogP contribution in [0.5, 0.6) is 11.6 Å². The van der Waals surface area contributed by atoms with Crippen LogP contribution in [0.1, 0.15) is 10.4 Å². The third kappa shape index (κ3) is 3.74. The Bertz CT molecular complexity index is 862. The minimum atomic E-state index is -4.46. The van der Waals surface area contributed by atoms with E-state index in [4.69, 9.17) is 4.74 Å². The number of carbonyl (C=O) groups excluding carboxylic acids is 1. The summed E-state index contributed by atoms with van der Waals surface area (Å²) in [6.07, 6.45) is -4.46. The molecular weight excluding hydrogens is 329 g/mol. The lowest BCUT2D eigenvalue weighted by molar-refractivity contribution is -0.123. The third-order valence-electron chi connectivity index (χ3n) is 2.83. The molecular formula is C13H9F3N6O2. The Kier molecular flexibility index (Phi) is 3.98. The molecule has 0 fully saturated rings.